The lowest BCUT2D eigenvalue weighted by Gasteiger charge is -2.31. The summed E-state index contributed by atoms with van der Waals surface area (Å²) in [5.41, 5.74) is 6.01. The largest absolute Gasteiger partial charge is 0.393 e. The highest BCUT2D eigenvalue weighted by Crippen LogP contribution is 2.24. The number of Topliss-reactive ketones (excluding diaryl/α,β-unsaturated/α-hetero) is 2. The fourth-order valence-corrected chi connectivity index (χ4v) is 4.99. The number of anilines is 3. The fourth-order valence-electron chi connectivity index (χ4n) is 4.99. The number of piperidine rings is 1. The number of nitriles is 1. The van der Waals surface area contributed by atoms with Gasteiger partial charge in [-0.2, -0.15) is 5.26 Å². The summed E-state index contributed by atoms with van der Waals surface area (Å²) >= 11 is 0. The Bertz CT molecular complexity index is 1540. The van der Waals surface area contributed by atoms with Crippen LogP contribution in [0.15, 0.2) is 85.2 Å². The summed E-state index contributed by atoms with van der Waals surface area (Å²) < 4.78 is 1.84. The van der Waals surface area contributed by atoms with Crippen LogP contribution in [0.25, 0.3) is 0 Å². The van der Waals surface area contributed by atoms with Crippen LogP contribution in [0.4, 0.5) is 17.1 Å². The quantitative estimate of drug-likeness (QED) is 0.278. The van der Waals surface area contributed by atoms with Gasteiger partial charge in [0, 0.05) is 67.9 Å². The summed E-state index contributed by atoms with van der Waals surface area (Å²) in [6, 6.07) is 24.7. The summed E-state index contributed by atoms with van der Waals surface area (Å²) in [4.78, 5) is 27.7. The Kier molecular flexibility index (Phi) is 8.09. The maximum absolute atomic E-state index is 12.9. The second-order valence-electron chi connectivity index (χ2n) is 10.3. The number of nitrogens with one attached hydrogen (secondary N) is 1. The molecule has 0 unspecified atom stereocenters. The molecule has 202 valence electrons. The summed E-state index contributed by atoms with van der Waals surface area (Å²) in [6.45, 7) is 1.64. The summed E-state index contributed by atoms with van der Waals surface area (Å²) in [5, 5.41) is 22.7. The molecule has 3 aromatic carbocycles. The highest BCUT2D eigenvalue weighted by molar-refractivity contribution is 5.98. The van der Waals surface area contributed by atoms with Crippen LogP contribution in [0, 0.1) is 11.3 Å². The molecule has 2 heterocycles. The lowest BCUT2D eigenvalue weighted by Crippen LogP contribution is -2.35. The molecule has 0 bridgehead atoms. The molecular weight excluding hydrogens is 500 g/mol. The molecule has 1 fully saturated rings. The van der Waals surface area contributed by atoms with Crippen molar-refractivity contribution in [2.45, 2.75) is 31.8 Å². The molecule has 7 heteroatoms. The molecule has 0 spiro atoms. The molecule has 2 N–H and O–H groups in total. The number of ketones is 2. The SMILES string of the molecule is Cn1ccc(C(=O)Cc2ccc(Nc3ccc(CC(=O)c4ccc(N5CCC(O)CC5)cc4)cc3)c(C#N)c2)c1. The van der Waals surface area contributed by atoms with Crippen LogP contribution < -0.4 is 10.2 Å². The average molecular weight is 533 g/mol. The molecule has 0 saturated carbocycles. The minimum Gasteiger partial charge on any atom is -0.393 e. The number of aromatic nitrogens is 1. The van der Waals surface area contributed by atoms with E-state index in [-0.39, 0.29) is 24.1 Å². The van der Waals surface area contributed by atoms with E-state index in [9.17, 15) is 20.0 Å². The van der Waals surface area contributed by atoms with E-state index < -0.39 is 0 Å². The van der Waals surface area contributed by atoms with Gasteiger partial charge in [-0.25, -0.2) is 0 Å². The van der Waals surface area contributed by atoms with E-state index in [0.717, 1.165) is 48.4 Å². The second kappa shape index (κ2) is 12.0. The molecule has 4 aromatic rings. The van der Waals surface area contributed by atoms with E-state index in [4.69, 9.17) is 0 Å². The first-order valence-electron chi connectivity index (χ1n) is 13.5. The number of aliphatic hydroxyl groups excluding tert-OH is 1. The number of carbonyl (C=O) groups is 2. The van der Waals surface area contributed by atoms with Gasteiger partial charge in [0.05, 0.1) is 17.4 Å². The number of benzene rings is 3. The van der Waals surface area contributed by atoms with Crippen molar-refractivity contribution in [3.63, 3.8) is 0 Å². The Hall–Kier alpha value is -4.67. The van der Waals surface area contributed by atoms with Crippen molar-refractivity contribution in [3.8, 4) is 6.07 Å². The van der Waals surface area contributed by atoms with Crippen LogP contribution in [-0.4, -0.2) is 40.4 Å². The zero-order valence-corrected chi connectivity index (χ0v) is 22.5. The van der Waals surface area contributed by atoms with Crippen LogP contribution >= 0.6 is 0 Å². The number of rotatable bonds is 9. The van der Waals surface area contributed by atoms with Crippen molar-refractivity contribution in [2.75, 3.05) is 23.3 Å². The fraction of sp³-hybridized carbons (Fsp3) is 0.242. The highest BCUT2D eigenvalue weighted by Gasteiger charge is 2.18. The molecule has 40 heavy (non-hydrogen) atoms. The predicted molar refractivity (Wildman–Crippen MR) is 156 cm³/mol. The first-order valence-corrected chi connectivity index (χ1v) is 13.5. The maximum atomic E-state index is 12.9. The monoisotopic (exact) mass is 532 g/mol. The van der Waals surface area contributed by atoms with Crippen molar-refractivity contribution in [1.82, 2.24) is 4.57 Å². The minimum atomic E-state index is -0.213. The first-order chi connectivity index (χ1) is 19.4. The molecular formula is C33H32N4O3. The number of nitrogens with zero attached hydrogens (tertiary/aromatic N) is 3. The Morgan fingerprint density at radius 3 is 2.20 bits per heavy atom. The van der Waals surface area contributed by atoms with Crippen molar-refractivity contribution < 1.29 is 14.7 Å². The third kappa shape index (κ3) is 6.48. The second-order valence-corrected chi connectivity index (χ2v) is 10.3. The van der Waals surface area contributed by atoms with Crippen LogP contribution in [0.1, 0.15) is 50.2 Å². The number of aryl methyl sites for hydroxylation is 1. The van der Waals surface area contributed by atoms with Gasteiger partial charge >= 0.3 is 0 Å². The van der Waals surface area contributed by atoms with E-state index in [1.54, 1.807) is 18.3 Å². The molecule has 1 aliphatic heterocycles. The van der Waals surface area contributed by atoms with Gasteiger partial charge in [0.1, 0.15) is 6.07 Å². The zero-order chi connectivity index (χ0) is 28.1. The van der Waals surface area contributed by atoms with Crippen LogP contribution in [0.5, 0.6) is 0 Å². The molecule has 1 aliphatic rings. The predicted octanol–water partition coefficient (Wildman–Crippen LogP) is 5.45. The number of carbonyl (C=O) groups excluding carboxylic acids is 2. The number of hydrogen-bond donors (Lipinski definition) is 2. The van der Waals surface area contributed by atoms with Gasteiger partial charge in [0.2, 0.25) is 0 Å². The minimum absolute atomic E-state index is 0.00835. The standard InChI is InChI=1S/C33H32N4O3/c1-36-15-12-26(22-36)33(40)20-24-4-11-31(27(18-24)21-34)35-28-7-2-23(3-8-28)19-32(39)25-5-9-29(10-6-25)37-16-13-30(38)14-17-37/h2-12,15,18,22,30,35,38H,13-14,16-17,19-20H2,1H3. The average Bonchev–Trinajstić information content (AvgIpc) is 3.41. The van der Waals surface area contributed by atoms with Crippen LogP contribution in [0.2, 0.25) is 0 Å². The number of aliphatic hydroxyl groups is 1. The summed E-state index contributed by atoms with van der Waals surface area (Å²) in [6.07, 6.45) is 5.48. The van der Waals surface area contributed by atoms with Crippen LogP contribution in [0.3, 0.4) is 0 Å². The van der Waals surface area contributed by atoms with Gasteiger partial charge in [-0.3, -0.25) is 9.59 Å². The van der Waals surface area contributed by atoms with Gasteiger partial charge < -0.3 is 19.9 Å². The van der Waals surface area contributed by atoms with Crippen molar-refractivity contribution in [3.05, 3.63) is 113 Å². The van der Waals surface area contributed by atoms with Gasteiger partial charge in [-0.05, 0) is 78.6 Å². The molecule has 1 aromatic heterocycles. The van der Waals surface area contributed by atoms with Gasteiger partial charge in [0.25, 0.3) is 0 Å². The van der Waals surface area contributed by atoms with Crippen molar-refractivity contribution in [2.24, 2.45) is 7.05 Å². The smallest absolute Gasteiger partial charge is 0.168 e. The third-order valence-electron chi connectivity index (χ3n) is 7.34. The molecule has 5 rings (SSSR count). The van der Waals surface area contributed by atoms with E-state index in [1.807, 2.05) is 78.5 Å². The summed E-state index contributed by atoms with van der Waals surface area (Å²) in [7, 11) is 1.87. The number of hydrogen-bond acceptors (Lipinski definition) is 6. The van der Waals surface area contributed by atoms with Gasteiger partial charge in [-0.15, -0.1) is 0 Å². The summed E-state index contributed by atoms with van der Waals surface area (Å²) in [5.74, 6) is 0.0581. The Balaban J connectivity index is 1.18. The molecule has 0 radical (unpaired) electrons. The van der Waals surface area contributed by atoms with E-state index in [1.165, 1.54) is 0 Å². The lowest BCUT2D eigenvalue weighted by molar-refractivity contribution is 0.0985. The Morgan fingerprint density at radius 1 is 0.900 bits per heavy atom. The van der Waals surface area contributed by atoms with E-state index >= 15 is 0 Å². The Morgan fingerprint density at radius 2 is 1.55 bits per heavy atom. The Labute approximate surface area is 234 Å². The molecule has 0 atom stereocenters. The molecule has 1 saturated heterocycles. The zero-order valence-electron chi connectivity index (χ0n) is 22.5. The van der Waals surface area contributed by atoms with Crippen LogP contribution in [-0.2, 0) is 19.9 Å². The van der Waals surface area contributed by atoms with Crippen molar-refractivity contribution in [1.29, 1.82) is 5.26 Å². The maximum Gasteiger partial charge on any atom is 0.168 e. The normalized spacial score (nSPS) is 13.6. The molecule has 0 amide bonds. The van der Waals surface area contributed by atoms with Gasteiger partial charge in [0.15, 0.2) is 11.6 Å². The first kappa shape index (κ1) is 26.9. The highest BCUT2D eigenvalue weighted by atomic mass is 16.3. The van der Waals surface area contributed by atoms with Crippen molar-refractivity contribution >= 4 is 28.6 Å². The molecule has 7 nitrogen and oxygen atoms in total. The van der Waals surface area contributed by atoms with E-state index in [0.29, 0.717) is 28.8 Å². The topological polar surface area (TPSA) is 98.4 Å². The van der Waals surface area contributed by atoms with E-state index in [2.05, 4.69) is 16.3 Å². The molecule has 0 aliphatic carbocycles. The van der Waals surface area contributed by atoms with Gasteiger partial charge in [-0.1, -0.05) is 18.2 Å². The lowest BCUT2D eigenvalue weighted by atomic mass is 10.0. The third-order valence-corrected chi connectivity index (χ3v) is 7.34.